The Morgan fingerprint density at radius 3 is 1.06 bits per heavy atom. The number of rotatable bonds is 22. The number of benzene rings is 6. The molecule has 0 radical (unpaired) electrons. The maximum Gasteiger partial charge on any atom is 0.187 e. The molecule has 2 saturated heterocycles. The van der Waals surface area contributed by atoms with Crippen LogP contribution in [0.15, 0.2) is 182 Å². The highest BCUT2D eigenvalue weighted by Gasteiger charge is 2.54. The van der Waals surface area contributed by atoms with E-state index in [1.165, 1.54) is 0 Å². The highest BCUT2D eigenvalue weighted by atomic mass is 16.8. The third kappa shape index (κ3) is 13.3. The van der Waals surface area contributed by atoms with Gasteiger partial charge in [-0.25, -0.2) is 0 Å². The second-order valence-electron chi connectivity index (χ2n) is 16.2. The van der Waals surface area contributed by atoms with Crippen molar-refractivity contribution in [1.29, 1.82) is 0 Å². The number of hydrogen-bond donors (Lipinski definition) is 2. The molecule has 65 heavy (non-hydrogen) atoms. The van der Waals surface area contributed by atoms with Gasteiger partial charge < -0.3 is 52.8 Å². The molecule has 2 fully saturated rings. The number of aliphatic hydroxyl groups excluding tert-OH is 2. The fourth-order valence-electron chi connectivity index (χ4n) is 8.12. The predicted octanol–water partition coefficient (Wildman–Crippen LogP) is 7.95. The monoisotopic (exact) mass is 882 g/mol. The Morgan fingerprint density at radius 2 is 0.677 bits per heavy atom. The van der Waals surface area contributed by atoms with Gasteiger partial charge in [-0.2, -0.15) is 0 Å². The van der Waals surface area contributed by atoms with Crippen molar-refractivity contribution < 1.29 is 52.8 Å². The molecule has 0 amide bonds. The third-order valence-corrected chi connectivity index (χ3v) is 11.5. The molecule has 0 bridgehead atoms. The van der Waals surface area contributed by atoms with E-state index >= 15 is 0 Å². The lowest BCUT2D eigenvalue weighted by Gasteiger charge is -2.49. The molecular formula is C54H58O11. The van der Waals surface area contributed by atoms with Crippen molar-refractivity contribution in [3.63, 3.8) is 0 Å². The summed E-state index contributed by atoms with van der Waals surface area (Å²) in [5.41, 5.74) is 5.66. The average Bonchev–Trinajstić information content (AvgIpc) is 3.36. The van der Waals surface area contributed by atoms with E-state index in [2.05, 4.69) is 0 Å². The Morgan fingerprint density at radius 1 is 0.354 bits per heavy atom. The van der Waals surface area contributed by atoms with E-state index in [-0.39, 0.29) is 39.6 Å². The molecule has 2 aliphatic rings. The summed E-state index contributed by atoms with van der Waals surface area (Å²) in [4.78, 5) is 0. The highest BCUT2D eigenvalue weighted by molar-refractivity contribution is 5.18. The van der Waals surface area contributed by atoms with Gasteiger partial charge in [-0.05, 0) is 33.4 Å². The van der Waals surface area contributed by atoms with Crippen LogP contribution in [0.4, 0.5) is 0 Å². The molecule has 11 heteroatoms. The van der Waals surface area contributed by atoms with Gasteiger partial charge >= 0.3 is 0 Å². The summed E-state index contributed by atoms with van der Waals surface area (Å²) in [5.74, 6) is 0. The van der Waals surface area contributed by atoms with Gasteiger partial charge in [0.15, 0.2) is 12.6 Å². The zero-order chi connectivity index (χ0) is 44.5. The molecule has 0 spiro atoms. The number of ether oxygens (including phenoxy) is 9. The van der Waals surface area contributed by atoms with Crippen LogP contribution in [-0.4, -0.2) is 84.8 Å². The van der Waals surface area contributed by atoms with E-state index < -0.39 is 68.0 Å². The van der Waals surface area contributed by atoms with Gasteiger partial charge in [-0.15, -0.1) is 0 Å². The van der Waals surface area contributed by atoms with Crippen LogP contribution >= 0.6 is 0 Å². The lowest BCUT2D eigenvalue weighted by atomic mass is 9.96. The Labute approximate surface area is 381 Å². The minimum atomic E-state index is -1.56. The second kappa shape index (κ2) is 24.4. The molecule has 0 aliphatic carbocycles. The van der Waals surface area contributed by atoms with Crippen LogP contribution in [0.3, 0.4) is 0 Å². The lowest BCUT2D eigenvalue weighted by Crippen LogP contribution is -2.66. The summed E-state index contributed by atoms with van der Waals surface area (Å²) >= 11 is 0. The normalized spacial score (nSPS) is 25.6. The molecule has 10 atom stereocenters. The summed E-state index contributed by atoms with van der Waals surface area (Å²) in [6.07, 6.45) is -9.89. The summed E-state index contributed by atoms with van der Waals surface area (Å²) < 4.78 is 60.4. The van der Waals surface area contributed by atoms with Gasteiger partial charge in [0.25, 0.3) is 0 Å². The van der Waals surface area contributed by atoms with Crippen LogP contribution in [0.2, 0.25) is 0 Å². The molecule has 8 rings (SSSR count). The van der Waals surface area contributed by atoms with E-state index in [1.54, 1.807) is 0 Å². The minimum Gasteiger partial charge on any atom is -0.394 e. The van der Waals surface area contributed by atoms with E-state index in [9.17, 15) is 10.2 Å². The van der Waals surface area contributed by atoms with Crippen molar-refractivity contribution in [2.75, 3.05) is 13.2 Å². The summed E-state index contributed by atoms with van der Waals surface area (Å²) in [7, 11) is 0. The minimum absolute atomic E-state index is 0.109. The van der Waals surface area contributed by atoms with Gasteiger partial charge in [0.2, 0.25) is 0 Å². The van der Waals surface area contributed by atoms with Gasteiger partial charge in [0.05, 0.1) is 52.9 Å². The first kappa shape index (κ1) is 46.4. The lowest BCUT2D eigenvalue weighted by molar-refractivity contribution is -0.378. The zero-order valence-corrected chi connectivity index (χ0v) is 36.3. The average molecular weight is 883 g/mol. The second-order valence-corrected chi connectivity index (χ2v) is 16.2. The van der Waals surface area contributed by atoms with Crippen LogP contribution in [0, 0.1) is 0 Å². The Balaban J connectivity index is 1.15. The van der Waals surface area contributed by atoms with Crippen molar-refractivity contribution in [3.8, 4) is 0 Å². The number of hydrogen-bond acceptors (Lipinski definition) is 11. The van der Waals surface area contributed by atoms with Crippen LogP contribution in [0.1, 0.15) is 33.4 Å². The highest BCUT2D eigenvalue weighted by Crippen LogP contribution is 2.36. The maximum atomic E-state index is 11.9. The molecule has 11 nitrogen and oxygen atoms in total. The fraction of sp³-hybridized carbons (Fsp3) is 0.333. The quantitative estimate of drug-likeness (QED) is 0.0691. The first-order valence-electron chi connectivity index (χ1n) is 22.3. The van der Waals surface area contributed by atoms with Gasteiger partial charge in [0, 0.05) is 0 Å². The van der Waals surface area contributed by atoms with Crippen LogP contribution in [0.5, 0.6) is 0 Å². The summed E-state index contributed by atoms with van der Waals surface area (Å²) in [6.45, 7) is 1.04. The molecule has 2 N–H and O–H groups in total. The molecule has 2 aliphatic heterocycles. The summed E-state index contributed by atoms with van der Waals surface area (Å²) in [5, 5.41) is 22.6. The molecule has 6 aromatic carbocycles. The molecule has 0 unspecified atom stereocenters. The first-order chi connectivity index (χ1) is 32.1. The van der Waals surface area contributed by atoms with E-state index in [0.717, 1.165) is 33.4 Å². The van der Waals surface area contributed by atoms with Crippen LogP contribution in [-0.2, 0) is 82.3 Å². The number of aliphatic hydroxyl groups is 2. The molecule has 340 valence electrons. The standard InChI is InChI=1S/C54H58O11/c55-31-45-47(58-33-40-21-9-2-10-22-40)49(60-35-42-25-13-4-14-26-42)51(53(56)63-45)65-54-52(62-37-44-29-17-6-18-30-44)50(61-36-43-27-15-5-16-28-43)48(59-34-41-23-11-3-12-24-41)46(64-54)38-57-32-39-19-7-1-8-20-39/h1-30,45-56H,31-38H2/t45-,46-,47+,48+,49+,50+,51-,52-,53-,54-/m1/s1. The first-order valence-corrected chi connectivity index (χ1v) is 22.3. The molecule has 0 aromatic heterocycles. The Bertz CT molecular complexity index is 2210. The summed E-state index contributed by atoms with van der Waals surface area (Å²) in [6, 6.07) is 59.0. The van der Waals surface area contributed by atoms with Gasteiger partial charge in [0.1, 0.15) is 48.8 Å². The van der Waals surface area contributed by atoms with E-state index in [1.807, 2.05) is 182 Å². The molecular weight excluding hydrogens is 825 g/mol. The smallest absolute Gasteiger partial charge is 0.187 e. The van der Waals surface area contributed by atoms with E-state index in [4.69, 9.17) is 42.6 Å². The van der Waals surface area contributed by atoms with E-state index in [0.29, 0.717) is 6.61 Å². The van der Waals surface area contributed by atoms with Crippen LogP contribution < -0.4 is 0 Å². The van der Waals surface area contributed by atoms with Crippen molar-refractivity contribution in [2.45, 2.75) is 101 Å². The van der Waals surface area contributed by atoms with Crippen molar-refractivity contribution in [1.82, 2.24) is 0 Å². The van der Waals surface area contributed by atoms with Crippen molar-refractivity contribution >= 4 is 0 Å². The van der Waals surface area contributed by atoms with Gasteiger partial charge in [-0.3, -0.25) is 0 Å². The van der Waals surface area contributed by atoms with Crippen molar-refractivity contribution in [3.05, 3.63) is 215 Å². The van der Waals surface area contributed by atoms with Crippen LogP contribution in [0.25, 0.3) is 0 Å². The predicted molar refractivity (Wildman–Crippen MR) is 243 cm³/mol. The Kier molecular flexibility index (Phi) is 17.4. The van der Waals surface area contributed by atoms with Gasteiger partial charge in [-0.1, -0.05) is 182 Å². The largest absolute Gasteiger partial charge is 0.394 e. The molecule has 6 aromatic rings. The third-order valence-electron chi connectivity index (χ3n) is 11.5. The zero-order valence-electron chi connectivity index (χ0n) is 36.3. The molecule has 2 heterocycles. The van der Waals surface area contributed by atoms with Crippen molar-refractivity contribution in [2.24, 2.45) is 0 Å². The fourth-order valence-corrected chi connectivity index (χ4v) is 8.12. The maximum absolute atomic E-state index is 11.9. The SMILES string of the molecule is OC[C@H]1O[C@@H](O)[C@H](O[C@H]2O[C@H](COCc3ccccc3)[C@H](OCc3ccccc3)[C@H](OCc3ccccc3)[C@H]2OCc2ccccc2)[C@@H](OCc2ccccc2)[C@H]1OCc1ccccc1. The molecule has 0 saturated carbocycles. The Hall–Kier alpha value is -5.12. The topological polar surface area (TPSA) is 124 Å².